The second kappa shape index (κ2) is 4.49. The number of benzene rings is 1. The van der Waals surface area contributed by atoms with E-state index >= 15 is 0 Å². The van der Waals surface area contributed by atoms with Gasteiger partial charge in [0.15, 0.2) is 0 Å². The fourth-order valence-corrected chi connectivity index (χ4v) is 2.71. The van der Waals surface area contributed by atoms with Crippen molar-refractivity contribution in [2.24, 2.45) is 0 Å². The lowest BCUT2D eigenvalue weighted by Gasteiger charge is -2.42. The number of nitrogens with zero attached hydrogens (tertiary/aromatic N) is 2. The van der Waals surface area contributed by atoms with Gasteiger partial charge in [0.1, 0.15) is 5.78 Å². The standard InChI is InChI=1S/C14H18N2O/c17-14-7-6-13(14)16-10-8-15(9-11-16)12-4-2-1-3-5-12/h1-5,13H,6-11H2. The van der Waals surface area contributed by atoms with Crippen molar-refractivity contribution in [2.75, 3.05) is 31.1 Å². The first-order chi connectivity index (χ1) is 8.34. The van der Waals surface area contributed by atoms with Gasteiger partial charge in [-0.25, -0.2) is 0 Å². The Morgan fingerprint density at radius 3 is 2.24 bits per heavy atom. The molecule has 2 fully saturated rings. The fraction of sp³-hybridized carbons (Fsp3) is 0.500. The van der Waals surface area contributed by atoms with Gasteiger partial charge in [0.05, 0.1) is 6.04 Å². The monoisotopic (exact) mass is 230 g/mol. The molecule has 3 nitrogen and oxygen atoms in total. The summed E-state index contributed by atoms with van der Waals surface area (Å²) < 4.78 is 0. The summed E-state index contributed by atoms with van der Waals surface area (Å²) in [4.78, 5) is 16.2. The lowest BCUT2D eigenvalue weighted by molar-refractivity contribution is -0.131. The average molecular weight is 230 g/mol. The molecule has 1 aliphatic carbocycles. The number of para-hydroxylation sites is 1. The second-order valence-corrected chi connectivity index (χ2v) is 4.88. The number of hydrogen-bond donors (Lipinski definition) is 0. The second-order valence-electron chi connectivity index (χ2n) is 4.88. The summed E-state index contributed by atoms with van der Waals surface area (Å²) in [5, 5.41) is 0. The van der Waals surface area contributed by atoms with Crippen LogP contribution in [0.3, 0.4) is 0 Å². The van der Waals surface area contributed by atoms with Crippen molar-refractivity contribution >= 4 is 11.5 Å². The molecule has 0 N–H and O–H groups in total. The highest BCUT2D eigenvalue weighted by atomic mass is 16.1. The van der Waals surface area contributed by atoms with E-state index in [0.29, 0.717) is 5.78 Å². The molecule has 0 spiro atoms. The number of hydrogen-bond acceptors (Lipinski definition) is 3. The molecule has 1 saturated carbocycles. The lowest BCUT2D eigenvalue weighted by Crippen LogP contribution is -2.55. The van der Waals surface area contributed by atoms with Crippen LogP contribution in [0.25, 0.3) is 0 Å². The number of piperazine rings is 1. The third-order valence-corrected chi connectivity index (χ3v) is 3.91. The van der Waals surface area contributed by atoms with Crippen molar-refractivity contribution in [2.45, 2.75) is 18.9 Å². The van der Waals surface area contributed by atoms with Crippen molar-refractivity contribution < 1.29 is 4.79 Å². The highest BCUT2D eigenvalue weighted by molar-refractivity contribution is 5.89. The molecule has 1 aliphatic heterocycles. The third kappa shape index (κ3) is 2.07. The zero-order valence-electron chi connectivity index (χ0n) is 10.0. The Bertz CT molecular complexity index is 396. The van der Waals surface area contributed by atoms with Crippen molar-refractivity contribution in [1.82, 2.24) is 4.90 Å². The van der Waals surface area contributed by atoms with Crippen LogP contribution in [0.2, 0.25) is 0 Å². The Labute approximate surface area is 102 Å². The molecule has 17 heavy (non-hydrogen) atoms. The number of Topliss-reactive ketones (excluding diaryl/α,β-unsaturated/α-hetero) is 1. The molecule has 1 aromatic rings. The maximum absolute atomic E-state index is 11.4. The molecular weight excluding hydrogens is 212 g/mol. The maximum Gasteiger partial charge on any atom is 0.150 e. The minimum Gasteiger partial charge on any atom is -0.369 e. The van der Waals surface area contributed by atoms with Gasteiger partial charge in [0.2, 0.25) is 0 Å². The molecule has 1 aromatic carbocycles. The fourth-order valence-electron chi connectivity index (χ4n) is 2.71. The summed E-state index contributed by atoms with van der Waals surface area (Å²) in [7, 11) is 0. The molecule has 2 aliphatic rings. The molecule has 3 rings (SSSR count). The molecule has 90 valence electrons. The van der Waals surface area contributed by atoms with Gasteiger partial charge in [-0.15, -0.1) is 0 Å². The molecule has 0 aromatic heterocycles. The number of ketones is 1. The largest absolute Gasteiger partial charge is 0.369 e. The molecule has 0 amide bonds. The third-order valence-electron chi connectivity index (χ3n) is 3.91. The van der Waals surface area contributed by atoms with E-state index in [1.807, 2.05) is 6.07 Å². The normalized spacial score (nSPS) is 25.8. The summed E-state index contributed by atoms with van der Waals surface area (Å²) in [5.74, 6) is 0.443. The van der Waals surface area contributed by atoms with Crippen LogP contribution in [-0.2, 0) is 4.79 Å². The van der Waals surface area contributed by atoms with E-state index in [0.717, 1.165) is 39.0 Å². The summed E-state index contributed by atoms with van der Waals surface area (Å²) in [6.07, 6.45) is 1.87. The van der Waals surface area contributed by atoms with Gasteiger partial charge in [-0.1, -0.05) is 18.2 Å². The van der Waals surface area contributed by atoms with Crippen LogP contribution in [0, 0.1) is 0 Å². The van der Waals surface area contributed by atoms with E-state index in [4.69, 9.17) is 0 Å². The Kier molecular flexibility index (Phi) is 2.85. The Balaban J connectivity index is 1.59. The zero-order valence-corrected chi connectivity index (χ0v) is 10.0. The SMILES string of the molecule is O=C1CCC1N1CCN(c2ccccc2)CC1. The van der Waals surface area contributed by atoms with Crippen molar-refractivity contribution in [3.8, 4) is 0 Å². The van der Waals surface area contributed by atoms with Gasteiger partial charge in [0, 0.05) is 38.3 Å². The van der Waals surface area contributed by atoms with Gasteiger partial charge in [-0.3, -0.25) is 9.69 Å². The summed E-state index contributed by atoms with van der Waals surface area (Å²) >= 11 is 0. The molecule has 1 unspecified atom stereocenters. The molecule has 1 atom stereocenters. The minimum atomic E-state index is 0.243. The molecular formula is C14H18N2O. The van der Waals surface area contributed by atoms with Crippen LogP contribution in [0.1, 0.15) is 12.8 Å². The van der Waals surface area contributed by atoms with Gasteiger partial charge in [-0.2, -0.15) is 0 Å². The van der Waals surface area contributed by atoms with E-state index < -0.39 is 0 Å². The average Bonchev–Trinajstić information content (AvgIpc) is 2.39. The van der Waals surface area contributed by atoms with Crippen LogP contribution in [0.5, 0.6) is 0 Å². The van der Waals surface area contributed by atoms with E-state index in [-0.39, 0.29) is 6.04 Å². The van der Waals surface area contributed by atoms with Crippen LogP contribution in [0.15, 0.2) is 30.3 Å². The van der Waals surface area contributed by atoms with E-state index in [1.54, 1.807) is 0 Å². The quantitative estimate of drug-likeness (QED) is 0.770. The summed E-state index contributed by atoms with van der Waals surface area (Å²) in [5.41, 5.74) is 1.30. The lowest BCUT2D eigenvalue weighted by atomic mass is 9.89. The molecule has 3 heteroatoms. The Morgan fingerprint density at radius 2 is 1.71 bits per heavy atom. The van der Waals surface area contributed by atoms with Crippen LogP contribution < -0.4 is 4.90 Å². The first-order valence-corrected chi connectivity index (χ1v) is 6.41. The highest BCUT2D eigenvalue weighted by Crippen LogP contribution is 2.23. The van der Waals surface area contributed by atoms with Gasteiger partial charge < -0.3 is 4.90 Å². The zero-order chi connectivity index (χ0) is 11.7. The predicted octanol–water partition coefficient (Wildman–Crippen LogP) is 1.54. The summed E-state index contributed by atoms with van der Waals surface area (Å²) in [6, 6.07) is 10.8. The van der Waals surface area contributed by atoms with Crippen molar-refractivity contribution in [3.05, 3.63) is 30.3 Å². The van der Waals surface area contributed by atoms with Crippen molar-refractivity contribution in [3.63, 3.8) is 0 Å². The van der Waals surface area contributed by atoms with Gasteiger partial charge in [-0.05, 0) is 18.6 Å². The summed E-state index contributed by atoms with van der Waals surface area (Å²) in [6.45, 7) is 4.11. The van der Waals surface area contributed by atoms with E-state index in [9.17, 15) is 4.79 Å². The van der Waals surface area contributed by atoms with Crippen LogP contribution in [-0.4, -0.2) is 42.9 Å². The maximum atomic E-state index is 11.4. The van der Waals surface area contributed by atoms with Crippen LogP contribution in [0.4, 0.5) is 5.69 Å². The molecule has 0 bridgehead atoms. The van der Waals surface area contributed by atoms with E-state index in [2.05, 4.69) is 34.1 Å². The van der Waals surface area contributed by atoms with E-state index in [1.165, 1.54) is 5.69 Å². The number of rotatable bonds is 2. The predicted molar refractivity (Wildman–Crippen MR) is 68.3 cm³/mol. The minimum absolute atomic E-state index is 0.243. The number of carbonyl (C=O) groups is 1. The molecule has 1 saturated heterocycles. The van der Waals surface area contributed by atoms with Crippen molar-refractivity contribution in [1.29, 1.82) is 0 Å². The first-order valence-electron chi connectivity index (χ1n) is 6.41. The smallest absolute Gasteiger partial charge is 0.150 e. The molecule has 0 radical (unpaired) electrons. The van der Waals surface area contributed by atoms with Crippen LogP contribution >= 0.6 is 0 Å². The number of anilines is 1. The number of carbonyl (C=O) groups excluding carboxylic acids is 1. The molecule has 1 heterocycles. The Hall–Kier alpha value is -1.35. The highest BCUT2D eigenvalue weighted by Gasteiger charge is 2.34. The topological polar surface area (TPSA) is 23.6 Å². The van der Waals surface area contributed by atoms with Gasteiger partial charge >= 0.3 is 0 Å². The Morgan fingerprint density at radius 1 is 1.00 bits per heavy atom. The first kappa shape index (κ1) is 10.8. The van der Waals surface area contributed by atoms with Gasteiger partial charge in [0.25, 0.3) is 0 Å².